The van der Waals surface area contributed by atoms with E-state index in [4.69, 9.17) is 23.2 Å². The first-order valence-corrected chi connectivity index (χ1v) is 6.06. The summed E-state index contributed by atoms with van der Waals surface area (Å²) < 4.78 is 0. The molecule has 1 aliphatic rings. The zero-order valence-corrected chi connectivity index (χ0v) is 10.8. The van der Waals surface area contributed by atoms with Crippen molar-refractivity contribution in [2.75, 3.05) is 6.54 Å². The highest BCUT2D eigenvalue weighted by atomic mass is 35.5. The summed E-state index contributed by atoms with van der Waals surface area (Å²) >= 11 is 11.6. The number of Topliss-reactive ketones (excluding diaryl/α,β-unsaturated/α-hetero) is 1. The van der Waals surface area contributed by atoms with Crippen LogP contribution >= 0.6 is 23.2 Å². The predicted octanol–water partition coefficient (Wildman–Crippen LogP) is 2.33. The number of carbonyl (C=O) groups excluding carboxylic acids is 3. The molecule has 0 N–H and O–H groups in total. The van der Waals surface area contributed by atoms with E-state index in [1.807, 2.05) is 0 Å². The maximum Gasteiger partial charge on any atom is 0.230 e. The lowest BCUT2D eigenvalue weighted by Gasteiger charge is -2.13. The molecule has 1 saturated heterocycles. The summed E-state index contributed by atoms with van der Waals surface area (Å²) in [5, 5.41) is 0.636. The van der Waals surface area contributed by atoms with Crippen molar-refractivity contribution in [1.29, 1.82) is 0 Å². The maximum absolute atomic E-state index is 12.0. The zero-order chi connectivity index (χ0) is 13.3. The van der Waals surface area contributed by atoms with E-state index in [0.717, 1.165) is 4.90 Å². The van der Waals surface area contributed by atoms with Gasteiger partial charge in [0, 0.05) is 23.4 Å². The molecule has 6 heteroatoms. The lowest BCUT2D eigenvalue weighted by Crippen LogP contribution is -2.34. The zero-order valence-electron chi connectivity index (χ0n) is 9.28. The van der Waals surface area contributed by atoms with E-state index in [-0.39, 0.29) is 47.6 Å². The Kier molecular flexibility index (Phi) is 3.68. The molecule has 0 aromatic heterocycles. The molecule has 18 heavy (non-hydrogen) atoms. The van der Waals surface area contributed by atoms with Gasteiger partial charge in [-0.05, 0) is 18.2 Å². The molecule has 0 bridgehead atoms. The van der Waals surface area contributed by atoms with Crippen LogP contribution in [0.1, 0.15) is 23.2 Å². The monoisotopic (exact) mass is 285 g/mol. The second kappa shape index (κ2) is 5.08. The van der Waals surface area contributed by atoms with Gasteiger partial charge in [-0.1, -0.05) is 23.2 Å². The second-order valence-corrected chi connectivity index (χ2v) is 4.76. The Bertz CT molecular complexity index is 526. The van der Waals surface area contributed by atoms with Crippen LogP contribution in [0.3, 0.4) is 0 Å². The lowest BCUT2D eigenvalue weighted by atomic mass is 10.1. The molecular formula is C12H9Cl2NO3. The Morgan fingerprint density at radius 1 is 1.17 bits per heavy atom. The van der Waals surface area contributed by atoms with E-state index in [0.29, 0.717) is 5.02 Å². The van der Waals surface area contributed by atoms with Gasteiger partial charge in [0.05, 0.1) is 11.6 Å². The van der Waals surface area contributed by atoms with Crippen molar-refractivity contribution >= 4 is 40.8 Å². The molecule has 0 unspecified atom stereocenters. The Labute approximate surface area is 113 Å². The van der Waals surface area contributed by atoms with Crippen molar-refractivity contribution in [1.82, 2.24) is 4.90 Å². The number of imide groups is 1. The molecule has 0 atom stereocenters. The fourth-order valence-electron chi connectivity index (χ4n) is 1.74. The summed E-state index contributed by atoms with van der Waals surface area (Å²) in [4.78, 5) is 35.7. The third kappa shape index (κ3) is 2.54. The SMILES string of the molecule is O=C(CN1C(=O)CCC1=O)c1ccc(Cl)cc1Cl. The van der Waals surface area contributed by atoms with Gasteiger partial charge in [-0.3, -0.25) is 19.3 Å². The first kappa shape index (κ1) is 13.1. The van der Waals surface area contributed by atoms with Crippen LogP contribution in [-0.2, 0) is 9.59 Å². The summed E-state index contributed by atoms with van der Waals surface area (Å²) in [6.45, 7) is -0.265. The van der Waals surface area contributed by atoms with Crippen LogP contribution in [-0.4, -0.2) is 29.0 Å². The highest BCUT2D eigenvalue weighted by Gasteiger charge is 2.30. The summed E-state index contributed by atoms with van der Waals surface area (Å²) in [6.07, 6.45) is 0.334. The lowest BCUT2D eigenvalue weighted by molar-refractivity contribution is -0.137. The topological polar surface area (TPSA) is 54.5 Å². The molecule has 1 aromatic carbocycles. The van der Waals surface area contributed by atoms with Gasteiger partial charge in [-0.15, -0.1) is 0 Å². The Hall–Kier alpha value is -1.39. The fraction of sp³-hybridized carbons (Fsp3) is 0.250. The molecule has 1 heterocycles. The number of amides is 2. The number of hydrogen-bond acceptors (Lipinski definition) is 3. The normalized spacial score (nSPS) is 15.3. The quantitative estimate of drug-likeness (QED) is 0.633. The minimum atomic E-state index is -0.375. The number of benzene rings is 1. The fourth-order valence-corrected chi connectivity index (χ4v) is 2.26. The molecule has 0 spiro atoms. The van der Waals surface area contributed by atoms with Crippen molar-refractivity contribution in [2.24, 2.45) is 0 Å². The van der Waals surface area contributed by atoms with Gasteiger partial charge in [0.2, 0.25) is 11.8 Å². The van der Waals surface area contributed by atoms with E-state index < -0.39 is 0 Å². The Morgan fingerprint density at radius 3 is 2.33 bits per heavy atom. The van der Waals surface area contributed by atoms with Gasteiger partial charge in [-0.25, -0.2) is 0 Å². The van der Waals surface area contributed by atoms with Crippen molar-refractivity contribution in [3.8, 4) is 0 Å². The summed E-state index contributed by atoms with van der Waals surface area (Å²) in [5.74, 6) is -1.02. The van der Waals surface area contributed by atoms with Crippen molar-refractivity contribution in [3.63, 3.8) is 0 Å². The second-order valence-electron chi connectivity index (χ2n) is 3.92. The Balaban J connectivity index is 2.17. The maximum atomic E-state index is 12.0. The van der Waals surface area contributed by atoms with Crippen LogP contribution in [0.4, 0.5) is 0 Å². The van der Waals surface area contributed by atoms with E-state index in [9.17, 15) is 14.4 Å². The highest BCUT2D eigenvalue weighted by molar-refractivity contribution is 6.37. The van der Waals surface area contributed by atoms with E-state index in [1.54, 1.807) is 0 Å². The number of carbonyl (C=O) groups is 3. The molecule has 0 radical (unpaired) electrons. The minimum Gasteiger partial charge on any atom is -0.292 e. The van der Waals surface area contributed by atoms with Gasteiger partial charge < -0.3 is 0 Å². The van der Waals surface area contributed by atoms with Crippen LogP contribution in [0.2, 0.25) is 10.0 Å². The van der Waals surface area contributed by atoms with Gasteiger partial charge in [0.15, 0.2) is 5.78 Å². The van der Waals surface area contributed by atoms with Gasteiger partial charge in [0.1, 0.15) is 0 Å². The van der Waals surface area contributed by atoms with Gasteiger partial charge >= 0.3 is 0 Å². The molecule has 1 fully saturated rings. The molecular weight excluding hydrogens is 277 g/mol. The van der Waals surface area contributed by atoms with Crippen LogP contribution in [0.25, 0.3) is 0 Å². The number of nitrogens with zero attached hydrogens (tertiary/aromatic N) is 1. The van der Waals surface area contributed by atoms with Crippen molar-refractivity contribution in [3.05, 3.63) is 33.8 Å². The van der Waals surface area contributed by atoms with E-state index in [1.165, 1.54) is 18.2 Å². The first-order chi connectivity index (χ1) is 8.49. The first-order valence-electron chi connectivity index (χ1n) is 5.30. The van der Waals surface area contributed by atoms with E-state index in [2.05, 4.69) is 0 Å². The van der Waals surface area contributed by atoms with Crippen LogP contribution in [0, 0.1) is 0 Å². The third-order valence-corrected chi connectivity index (χ3v) is 3.24. The average molecular weight is 286 g/mol. The number of ketones is 1. The third-order valence-electron chi connectivity index (χ3n) is 2.69. The smallest absolute Gasteiger partial charge is 0.230 e. The molecule has 4 nitrogen and oxygen atoms in total. The van der Waals surface area contributed by atoms with Crippen molar-refractivity contribution < 1.29 is 14.4 Å². The summed E-state index contributed by atoms with van der Waals surface area (Å²) in [6, 6.07) is 4.47. The van der Waals surface area contributed by atoms with Gasteiger partial charge in [0.25, 0.3) is 0 Å². The number of halogens is 2. The van der Waals surface area contributed by atoms with E-state index >= 15 is 0 Å². The number of likely N-dealkylation sites (tertiary alicyclic amines) is 1. The largest absolute Gasteiger partial charge is 0.292 e. The Morgan fingerprint density at radius 2 is 1.78 bits per heavy atom. The van der Waals surface area contributed by atoms with Crippen LogP contribution in [0.15, 0.2) is 18.2 Å². The number of hydrogen-bond donors (Lipinski definition) is 0. The minimum absolute atomic E-state index is 0.167. The molecule has 0 saturated carbocycles. The average Bonchev–Trinajstić information content (AvgIpc) is 2.60. The van der Waals surface area contributed by atoms with Crippen LogP contribution in [0.5, 0.6) is 0 Å². The molecule has 2 rings (SSSR count). The summed E-state index contributed by atoms with van der Waals surface area (Å²) in [5.41, 5.74) is 0.258. The molecule has 0 aliphatic carbocycles. The highest BCUT2D eigenvalue weighted by Crippen LogP contribution is 2.22. The molecule has 1 aromatic rings. The van der Waals surface area contributed by atoms with Gasteiger partial charge in [-0.2, -0.15) is 0 Å². The standard InChI is InChI=1S/C12H9Cl2NO3/c13-7-1-2-8(9(14)5-7)10(16)6-15-11(17)3-4-12(15)18/h1-2,5H,3-4,6H2. The van der Waals surface area contributed by atoms with Crippen molar-refractivity contribution in [2.45, 2.75) is 12.8 Å². The summed E-state index contributed by atoms with van der Waals surface area (Å²) in [7, 11) is 0. The molecule has 2 amide bonds. The molecule has 1 aliphatic heterocycles. The molecule has 94 valence electrons. The predicted molar refractivity (Wildman–Crippen MR) is 66.7 cm³/mol. The van der Waals surface area contributed by atoms with Crippen LogP contribution < -0.4 is 0 Å². The number of rotatable bonds is 3.